The Hall–Kier alpha value is -0.830. The van der Waals surface area contributed by atoms with Gasteiger partial charge in [-0.05, 0) is 0 Å². The monoisotopic (exact) mass is 255 g/mol. The van der Waals surface area contributed by atoms with Gasteiger partial charge in [-0.15, -0.1) is 0 Å². The third-order valence-corrected chi connectivity index (χ3v) is 1.88. The standard InChI is InChI=1S/C6H11O9P/c7-3(1-5(9)10)6(11)4(8)2-15-16(12,13)14/h3,6-7,11H,1-2H2,(H,9,10)(H2,12,13,14)/p-3/t3-,6+/m1/s1. The Morgan fingerprint density at radius 2 is 1.81 bits per heavy atom. The molecule has 0 unspecified atom stereocenters. The van der Waals surface area contributed by atoms with Crippen LogP contribution in [0, 0.1) is 0 Å². The number of aliphatic carboxylic acids is 1. The zero-order valence-electron chi connectivity index (χ0n) is 7.77. The molecule has 2 atom stereocenters. The van der Waals surface area contributed by atoms with E-state index in [4.69, 9.17) is 10.2 Å². The molecule has 0 aromatic heterocycles. The zero-order valence-corrected chi connectivity index (χ0v) is 8.66. The first-order valence-electron chi connectivity index (χ1n) is 3.89. The van der Waals surface area contributed by atoms with Crippen LogP contribution in [-0.4, -0.2) is 40.8 Å². The van der Waals surface area contributed by atoms with Crippen molar-refractivity contribution < 1.29 is 43.8 Å². The Balaban J connectivity index is 4.18. The van der Waals surface area contributed by atoms with E-state index >= 15 is 0 Å². The highest BCUT2D eigenvalue weighted by molar-refractivity contribution is 7.43. The molecule has 0 bridgehead atoms. The minimum Gasteiger partial charge on any atom is -0.790 e. The van der Waals surface area contributed by atoms with Gasteiger partial charge in [0.2, 0.25) is 0 Å². The lowest BCUT2D eigenvalue weighted by atomic mass is 10.1. The summed E-state index contributed by atoms with van der Waals surface area (Å²) in [5.74, 6) is -3.04. The summed E-state index contributed by atoms with van der Waals surface area (Å²) in [4.78, 5) is 40.8. The van der Waals surface area contributed by atoms with Gasteiger partial charge in [0, 0.05) is 12.4 Å². The Morgan fingerprint density at radius 3 is 2.19 bits per heavy atom. The van der Waals surface area contributed by atoms with E-state index in [0.717, 1.165) is 0 Å². The van der Waals surface area contributed by atoms with E-state index < -0.39 is 44.8 Å². The molecule has 0 saturated heterocycles. The van der Waals surface area contributed by atoms with Crippen molar-refractivity contribution in [1.29, 1.82) is 0 Å². The maximum Gasteiger partial charge on any atom is 0.189 e. The number of rotatable bonds is 7. The van der Waals surface area contributed by atoms with Gasteiger partial charge in [-0.1, -0.05) is 0 Å². The second-order valence-corrected chi connectivity index (χ2v) is 3.93. The highest BCUT2D eigenvalue weighted by atomic mass is 31.2. The number of ketones is 1. The second-order valence-electron chi connectivity index (χ2n) is 2.78. The van der Waals surface area contributed by atoms with E-state index in [2.05, 4.69) is 4.52 Å². The van der Waals surface area contributed by atoms with E-state index in [-0.39, 0.29) is 0 Å². The van der Waals surface area contributed by atoms with Crippen molar-refractivity contribution in [2.45, 2.75) is 18.6 Å². The third-order valence-electron chi connectivity index (χ3n) is 1.44. The van der Waals surface area contributed by atoms with Crippen LogP contribution >= 0.6 is 7.82 Å². The number of aliphatic hydroxyl groups is 2. The van der Waals surface area contributed by atoms with Gasteiger partial charge in [-0.3, -0.25) is 4.79 Å². The quantitative estimate of drug-likeness (QED) is 0.424. The molecule has 0 amide bonds. The first-order valence-corrected chi connectivity index (χ1v) is 5.35. The number of Topliss-reactive ketones (excluding diaryl/α,β-unsaturated/α-hetero) is 1. The van der Waals surface area contributed by atoms with Gasteiger partial charge in [0.1, 0.15) is 12.7 Å². The first-order chi connectivity index (χ1) is 7.13. The average Bonchev–Trinajstić information content (AvgIpc) is 2.10. The molecule has 94 valence electrons. The fraction of sp³-hybridized carbons (Fsp3) is 0.667. The fourth-order valence-corrected chi connectivity index (χ4v) is 1.01. The van der Waals surface area contributed by atoms with E-state index in [1.807, 2.05) is 0 Å². The van der Waals surface area contributed by atoms with Gasteiger partial charge in [-0.25, -0.2) is 0 Å². The predicted molar refractivity (Wildman–Crippen MR) is 40.2 cm³/mol. The fourth-order valence-electron chi connectivity index (χ4n) is 0.725. The first kappa shape index (κ1) is 15.2. The Kier molecular flexibility index (Phi) is 5.73. The van der Waals surface area contributed by atoms with E-state index in [1.165, 1.54) is 0 Å². The van der Waals surface area contributed by atoms with Crippen LogP contribution < -0.4 is 14.9 Å². The molecule has 0 saturated carbocycles. The van der Waals surface area contributed by atoms with Crippen LogP contribution in [0.4, 0.5) is 0 Å². The van der Waals surface area contributed by atoms with Crippen LogP contribution in [0.15, 0.2) is 0 Å². The molecule has 0 aromatic carbocycles. The summed E-state index contributed by atoms with van der Waals surface area (Å²) in [6, 6.07) is 0. The number of hydrogen-bond donors (Lipinski definition) is 2. The molecule has 9 nitrogen and oxygen atoms in total. The number of aliphatic hydroxyl groups excluding tert-OH is 2. The van der Waals surface area contributed by atoms with Gasteiger partial charge in [0.15, 0.2) is 5.78 Å². The SMILES string of the molecule is O=C([O-])C[C@@H](O)[C@H](O)C(=O)COP(=O)([O-])[O-]. The lowest BCUT2D eigenvalue weighted by Gasteiger charge is -2.28. The topological polar surface area (TPSA) is 170 Å². The van der Waals surface area contributed by atoms with Crippen molar-refractivity contribution in [1.82, 2.24) is 0 Å². The summed E-state index contributed by atoms with van der Waals surface area (Å²) in [5.41, 5.74) is 0. The summed E-state index contributed by atoms with van der Waals surface area (Å²) in [5, 5.41) is 27.9. The van der Waals surface area contributed by atoms with Crippen molar-refractivity contribution >= 4 is 19.6 Å². The second kappa shape index (κ2) is 6.04. The van der Waals surface area contributed by atoms with Gasteiger partial charge in [0.25, 0.3) is 0 Å². The Bertz CT molecular complexity index is 307. The lowest BCUT2D eigenvalue weighted by molar-refractivity contribution is -0.341. The molecule has 0 spiro atoms. The van der Waals surface area contributed by atoms with Crippen molar-refractivity contribution in [3.63, 3.8) is 0 Å². The predicted octanol–water partition coefficient (Wildman–Crippen LogP) is -4.74. The van der Waals surface area contributed by atoms with E-state index in [9.17, 15) is 29.0 Å². The number of carbonyl (C=O) groups excluding carboxylic acids is 2. The molecule has 0 radical (unpaired) electrons. The molecule has 0 aromatic rings. The van der Waals surface area contributed by atoms with Crippen molar-refractivity contribution in [3.05, 3.63) is 0 Å². The summed E-state index contributed by atoms with van der Waals surface area (Å²) < 4.78 is 13.5. The lowest BCUT2D eigenvalue weighted by Crippen LogP contribution is -2.40. The molecule has 0 heterocycles. The molecule has 0 aliphatic rings. The Labute approximate surface area is 89.5 Å². The van der Waals surface area contributed by atoms with Crippen LogP contribution in [0.2, 0.25) is 0 Å². The summed E-state index contributed by atoms with van der Waals surface area (Å²) in [7, 11) is -5.36. The number of phosphoric ester groups is 1. The van der Waals surface area contributed by atoms with Crippen molar-refractivity contribution in [2.24, 2.45) is 0 Å². The number of carbonyl (C=O) groups is 2. The highest BCUT2D eigenvalue weighted by Gasteiger charge is 2.24. The molecule has 0 fully saturated rings. The van der Waals surface area contributed by atoms with Gasteiger partial charge < -0.3 is 39.0 Å². The molecule has 0 aliphatic carbocycles. The molecule has 0 rings (SSSR count). The van der Waals surface area contributed by atoms with Crippen LogP contribution in [0.25, 0.3) is 0 Å². The smallest absolute Gasteiger partial charge is 0.189 e. The summed E-state index contributed by atoms with van der Waals surface area (Å²) in [6.45, 7) is -1.27. The van der Waals surface area contributed by atoms with Gasteiger partial charge in [0.05, 0.1) is 13.9 Å². The molecular weight excluding hydrogens is 247 g/mol. The minimum absolute atomic E-state index is 1.01. The largest absolute Gasteiger partial charge is 0.790 e. The Morgan fingerprint density at radius 1 is 1.31 bits per heavy atom. The highest BCUT2D eigenvalue weighted by Crippen LogP contribution is 2.24. The number of carboxylic acids is 1. The molecular formula is C6H8O9P-3. The molecule has 0 aliphatic heterocycles. The summed E-state index contributed by atoms with van der Waals surface area (Å²) >= 11 is 0. The van der Waals surface area contributed by atoms with Crippen LogP contribution in [0.1, 0.15) is 6.42 Å². The van der Waals surface area contributed by atoms with Crippen LogP contribution in [-0.2, 0) is 18.7 Å². The maximum atomic E-state index is 10.9. The summed E-state index contributed by atoms with van der Waals surface area (Å²) in [6.07, 6.45) is -5.14. The third kappa shape index (κ3) is 6.62. The molecule has 2 N–H and O–H groups in total. The number of phosphoric acid groups is 1. The zero-order chi connectivity index (χ0) is 12.9. The average molecular weight is 255 g/mol. The minimum atomic E-state index is -5.36. The number of carboxylic acid groups (broad SMARTS) is 1. The maximum absolute atomic E-state index is 10.9. The van der Waals surface area contributed by atoms with Gasteiger partial charge in [-0.2, -0.15) is 0 Å². The van der Waals surface area contributed by atoms with Crippen LogP contribution in [0.5, 0.6) is 0 Å². The van der Waals surface area contributed by atoms with E-state index in [1.54, 1.807) is 0 Å². The molecule has 10 heteroatoms. The number of hydrogen-bond acceptors (Lipinski definition) is 9. The normalized spacial score (nSPS) is 15.5. The van der Waals surface area contributed by atoms with E-state index in [0.29, 0.717) is 0 Å². The molecule has 16 heavy (non-hydrogen) atoms. The van der Waals surface area contributed by atoms with Gasteiger partial charge >= 0.3 is 0 Å². The van der Waals surface area contributed by atoms with Crippen molar-refractivity contribution in [2.75, 3.05) is 6.61 Å². The van der Waals surface area contributed by atoms with Crippen molar-refractivity contribution in [3.8, 4) is 0 Å². The van der Waals surface area contributed by atoms with Crippen LogP contribution in [0.3, 0.4) is 0 Å².